The number of amides is 3. The Morgan fingerprint density at radius 3 is 1.83 bits per heavy atom. The first-order valence-electron chi connectivity index (χ1n) is 15.8. The maximum atomic E-state index is 13.8. The molecule has 2 aromatic carbocycles. The highest BCUT2D eigenvalue weighted by Crippen LogP contribution is 2.16. The van der Waals surface area contributed by atoms with E-state index in [1.165, 1.54) is 30.3 Å². The predicted octanol–water partition coefficient (Wildman–Crippen LogP) is 5.66. The molecule has 11 heteroatoms. The molecule has 2 aromatic rings. The summed E-state index contributed by atoms with van der Waals surface area (Å²) in [5.41, 5.74) is -0.000395. The van der Waals surface area contributed by atoms with Gasteiger partial charge in [-0.25, -0.2) is 13.2 Å². The molecule has 3 amide bonds. The first-order chi connectivity index (χ1) is 21.4. The Hall–Kier alpha value is -3.86. The fourth-order valence-electron chi connectivity index (χ4n) is 4.48. The molecule has 4 N–H and O–H groups in total. The minimum Gasteiger partial charge on any atom is -0.508 e. The molecular formula is C35H51N3O7S. The van der Waals surface area contributed by atoms with Crippen LogP contribution in [0.25, 0.3) is 0 Å². The highest BCUT2D eigenvalue weighted by molar-refractivity contribution is 7.94. The molecule has 0 aliphatic carbocycles. The van der Waals surface area contributed by atoms with Crippen LogP contribution >= 0.6 is 0 Å². The van der Waals surface area contributed by atoms with Crippen molar-refractivity contribution in [1.82, 2.24) is 16.0 Å². The van der Waals surface area contributed by atoms with E-state index < -0.39 is 51.5 Å². The van der Waals surface area contributed by atoms with Crippen LogP contribution in [-0.4, -0.2) is 55.2 Å². The molecule has 3 atom stereocenters. The highest BCUT2D eigenvalue weighted by Gasteiger charge is 2.29. The maximum absolute atomic E-state index is 13.8. The lowest BCUT2D eigenvalue weighted by Crippen LogP contribution is -2.55. The van der Waals surface area contributed by atoms with Gasteiger partial charge < -0.3 is 25.8 Å². The van der Waals surface area contributed by atoms with Gasteiger partial charge in [0.25, 0.3) is 0 Å². The molecular weight excluding hydrogens is 606 g/mol. The van der Waals surface area contributed by atoms with Crippen molar-refractivity contribution in [3.63, 3.8) is 0 Å². The second-order valence-electron chi connectivity index (χ2n) is 13.4. The number of aromatic hydroxyl groups is 1. The monoisotopic (exact) mass is 657 g/mol. The Bertz CT molecular complexity index is 1400. The van der Waals surface area contributed by atoms with Crippen LogP contribution in [-0.2, 0) is 30.6 Å². The molecule has 0 spiro atoms. The lowest BCUT2D eigenvalue weighted by molar-refractivity contribution is -0.130. The molecule has 0 heterocycles. The summed E-state index contributed by atoms with van der Waals surface area (Å²) in [5.74, 6) is -0.398. The van der Waals surface area contributed by atoms with Gasteiger partial charge in [-0.2, -0.15) is 0 Å². The molecule has 0 fully saturated rings. The Morgan fingerprint density at radius 2 is 1.30 bits per heavy atom. The number of carbonyl (C=O) groups excluding carboxylic acids is 3. The van der Waals surface area contributed by atoms with Gasteiger partial charge in [-0.15, -0.1) is 0 Å². The van der Waals surface area contributed by atoms with Crippen molar-refractivity contribution in [2.75, 3.05) is 0 Å². The molecule has 0 aliphatic rings. The summed E-state index contributed by atoms with van der Waals surface area (Å²) >= 11 is 0. The first kappa shape index (κ1) is 38.3. The van der Waals surface area contributed by atoms with Gasteiger partial charge >= 0.3 is 6.09 Å². The highest BCUT2D eigenvalue weighted by atomic mass is 32.2. The number of benzene rings is 2. The quantitative estimate of drug-likeness (QED) is 0.182. The molecule has 46 heavy (non-hydrogen) atoms. The van der Waals surface area contributed by atoms with E-state index in [1.54, 1.807) is 51.1 Å². The third-order valence-electron chi connectivity index (χ3n) is 6.99. The molecule has 0 aromatic heterocycles. The number of phenols is 1. The van der Waals surface area contributed by atoms with E-state index in [2.05, 4.69) is 16.0 Å². The average Bonchev–Trinajstić information content (AvgIpc) is 2.96. The molecule has 0 radical (unpaired) electrons. The zero-order chi connectivity index (χ0) is 34.5. The molecule has 0 unspecified atom stereocenters. The van der Waals surface area contributed by atoms with Crippen molar-refractivity contribution < 1.29 is 32.6 Å². The van der Waals surface area contributed by atoms with Crippen LogP contribution in [0.2, 0.25) is 0 Å². The zero-order valence-corrected chi connectivity index (χ0v) is 28.9. The average molecular weight is 658 g/mol. The number of sulfone groups is 1. The SMILES string of the molecule is CC(C)CC[C@H](NC(=O)OC(C)(C)C)C(=O)N[C@@H](CCC(C)C)C(=O)N[C@H](/C=C/S(=O)(=O)c1ccccc1)Cc1ccc(O)cc1. The van der Waals surface area contributed by atoms with Crippen molar-refractivity contribution in [1.29, 1.82) is 0 Å². The minimum atomic E-state index is -3.79. The molecule has 254 valence electrons. The lowest BCUT2D eigenvalue weighted by Gasteiger charge is -2.27. The van der Waals surface area contributed by atoms with Crippen LogP contribution < -0.4 is 16.0 Å². The number of phenolic OH excluding ortho intramolecular Hbond substituents is 1. The van der Waals surface area contributed by atoms with Crippen LogP contribution in [0, 0.1) is 11.8 Å². The second-order valence-corrected chi connectivity index (χ2v) is 15.2. The summed E-state index contributed by atoms with van der Waals surface area (Å²) in [6.45, 7) is 13.2. The third kappa shape index (κ3) is 14.5. The van der Waals surface area contributed by atoms with E-state index in [0.29, 0.717) is 25.7 Å². The van der Waals surface area contributed by atoms with Gasteiger partial charge in [-0.3, -0.25) is 9.59 Å². The number of nitrogens with one attached hydrogen (secondary N) is 3. The van der Waals surface area contributed by atoms with E-state index in [0.717, 1.165) is 11.0 Å². The zero-order valence-electron chi connectivity index (χ0n) is 28.1. The van der Waals surface area contributed by atoms with E-state index in [9.17, 15) is 27.9 Å². The third-order valence-corrected chi connectivity index (χ3v) is 8.43. The Balaban J connectivity index is 2.34. The summed E-state index contributed by atoms with van der Waals surface area (Å²) < 4.78 is 31.4. The summed E-state index contributed by atoms with van der Waals surface area (Å²) in [6.07, 6.45) is 2.90. The summed E-state index contributed by atoms with van der Waals surface area (Å²) in [4.78, 5) is 40.0. The van der Waals surface area contributed by atoms with Gasteiger partial charge in [-0.05, 0) is 94.5 Å². The minimum absolute atomic E-state index is 0.0787. The Kier molecular flexibility index (Phi) is 14.8. The standard InChI is InChI=1S/C35H51N3O7S/c1-24(2)13-19-30(37-33(41)31(20-14-25(3)4)38-34(42)45-35(5,6)7)32(40)36-27(23-26-15-17-28(39)18-16-26)21-22-46(43,44)29-11-9-8-10-12-29/h8-12,15-18,21-22,24-25,27,30-31,39H,13-14,19-20,23H2,1-7H3,(H,36,40)(H,37,41)(H,38,42)/b22-21+/t27-,30+,31+/m1/s1. The topological polar surface area (TPSA) is 151 Å². The van der Waals surface area contributed by atoms with Crippen LogP contribution in [0.1, 0.15) is 79.7 Å². The lowest BCUT2D eigenvalue weighted by atomic mass is 9.99. The summed E-state index contributed by atoms with van der Waals surface area (Å²) in [5, 5.41) is 19.2. The Morgan fingerprint density at radius 1 is 0.783 bits per heavy atom. The van der Waals surface area contributed by atoms with Gasteiger partial charge in [0, 0.05) is 5.41 Å². The fraction of sp³-hybridized carbons (Fsp3) is 0.514. The molecule has 10 nitrogen and oxygen atoms in total. The first-order valence-corrected chi connectivity index (χ1v) is 17.4. The Labute approximate surface area is 274 Å². The van der Waals surface area contributed by atoms with Gasteiger partial charge in [0.05, 0.1) is 10.9 Å². The van der Waals surface area contributed by atoms with Crippen molar-refractivity contribution in [3.05, 3.63) is 71.6 Å². The molecule has 0 bridgehead atoms. The van der Waals surface area contributed by atoms with E-state index in [4.69, 9.17) is 4.74 Å². The molecule has 2 rings (SSSR count). The number of carbonyl (C=O) groups is 3. The molecule has 0 aliphatic heterocycles. The van der Waals surface area contributed by atoms with E-state index in [1.807, 2.05) is 27.7 Å². The summed E-state index contributed by atoms with van der Waals surface area (Å²) in [7, 11) is -3.79. The van der Waals surface area contributed by atoms with Crippen LogP contribution in [0.5, 0.6) is 5.75 Å². The largest absolute Gasteiger partial charge is 0.508 e. The smallest absolute Gasteiger partial charge is 0.408 e. The van der Waals surface area contributed by atoms with Crippen molar-refractivity contribution in [3.8, 4) is 5.75 Å². The van der Waals surface area contributed by atoms with Crippen molar-refractivity contribution in [2.45, 2.75) is 109 Å². The van der Waals surface area contributed by atoms with Crippen LogP contribution in [0.4, 0.5) is 4.79 Å². The predicted molar refractivity (Wildman–Crippen MR) is 180 cm³/mol. The van der Waals surface area contributed by atoms with Crippen LogP contribution in [0.3, 0.4) is 0 Å². The van der Waals surface area contributed by atoms with Gasteiger partial charge in [0.1, 0.15) is 23.4 Å². The van der Waals surface area contributed by atoms with Gasteiger partial charge in [0.2, 0.25) is 11.8 Å². The number of rotatable bonds is 16. The van der Waals surface area contributed by atoms with E-state index >= 15 is 0 Å². The summed E-state index contributed by atoms with van der Waals surface area (Å²) in [6, 6.07) is 11.7. The van der Waals surface area contributed by atoms with Crippen molar-refractivity contribution in [2.24, 2.45) is 11.8 Å². The van der Waals surface area contributed by atoms with Crippen LogP contribution in [0.15, 0.2) is 71.0 Å². The van der Waals surface area contributed by atoms with E-state index in [-0.39, 0.29) is 28.9 Å². The number of ether oxygens (including phenoxy) is 1. The maximum Gasteiger partial charge on any atom is 0.408 e. The molecule has 0 saturated carbocycles. The fourth-order valence-corrected chi connectivity index (χ4v) is 5.57. The number of hydrogen-bond acceptors (Lipinski definition) is 7. The number of hydrogen-bond donors (Lipinski definition) is 4. The normalized spacial score (nSPS) is 14.1. The van der Waals surface area contributed by atoms with Gasteiger partial charge in [-0.1, -0.05) is 64.1 Å². The van der Waals surface area contributed by atoms with Gasteiger partial charge in [0.15, 0.2) is 9.84 Å². The van der Waals surface area contributed by atoms with Crippen molar-refractivity contribution >= 4 is 27.7 Å². The number of alkyl carbamates (subject to hydrolysis) is 1. The molecule has 0 saturated heterocycles. The second kappa shape index (κ2) is 17.7.